The summed E-state index contributed by atoms with van der Waals surface area (Å²) in [5.74, 6) is 0.711. The van der Waals surface area contributed by atoms with Crippen molar-refractivity contribution in [2.45, 2.75) is 52.6 Å². The van der Waals surface area contributed by atoms with E-state index in [-0.39, 0.29) is 18.0 Å². The van der Waals surface area contributed by atoms with E-state index >= 15 is 0 Å². The van der Waals surface area contributed by atoms with Gasteiger partial charge in [-0.15, -0.1) is 0 Å². The van der Waals surface area contributed by atoms with Crippen molar-refractivity contribution in [3.63, 3.8) is 0 Å². The van der Waals surface area contributed by atoms with Crippen LogP contribution in [0, 0.1) is 5.92 Å². The van der Waals surface area contributed by atoms with Crippen molar-refractivity contribution in [1.29, 1.82) is 0 Å². The van der Waals surface area contributed by atoms with Crippen LogP contribution in [0.4, 0.5) is 10.5 Å². The maximum absolute atomic E-state index is 11.9. The highest BCUT2D eigenvalue weighted by Gasteiger charge is 2.23. The van der Waals surface area contributed by atoms with E-state index < -0.39 is 0 Å². The van der Waals surface area contributed by atoms with E-state index in [2.05, 4.69) is 15.6 Å². The molecular formula is C21H33N5O3. The van der Waals surface area contributed by atoms with Crippen molar-refractivity contribution in [1.82, 2.24) is 10.2 Å². The van der Waals surface area contributed by atoms with Crippen LogP contribution in [0.2, 0.25) is 0 Å². The van der Waals surface area contributed by atoms with Gasteiger partial charge in [-0.25, -0.2) is 9.79 Å². The van der Waals surface area contributed by atoms with E-state index in [4.69, 9.17) is 10.5 Å². The van der Waals surface area contributed by atoms with Gasteiger partial charge in [0.1, 0.15) is 0 Å². The van der Waals surface area contributed by atoms with Crippen LogP contribution in [0.1, 0.15) is 45.6 Å². The number of likely N-dealkylation sites (tertiary alicyclic amines) is 1. The van der Waals surface area contributed by atoms with Gasteiger partial charge in [-0.2, -0.15) is 0 Å². The average molecular weight is 404 g/mol. The minimum Gasteiger partial charge on any atom is -0.450 e. The molecule has 1 aromatic carbocycles. The number of hydrogen-bond acceptors (Lipinski definition) is 4. The lowest BCUT2D eigenvalue weighted by atomic mass is 10.1. The number of benzene rings is 1. The number of carbonyl (C=O) groups is 2. The molecule has 160 valence electrons. The summed E-state index contributed by atoms with van der Waals surface area (Å²) in [5.41, 5.74) is 7.76. The summed E-state index contributed by atoms with van der Waals surface area (Å²) < 4.78 is 5.03. The highest BCUT2D eigenvalue weighted by molar-refractivity contribution is 5.90. The normalized spacial score (nSPS) is 15.3. The van der Waals surface area contributed by atoms with Gasteiger partial charge < -0.3 is 26.0 Å². The Morgan fingerprint density at radius 2 is 2.03 bits per heavy atom. The SMILES string of the molecule is CCOC(=O)N1CCC(NC(N)=NCc2cccc(NC(=O)CC(C)C)c2)CC1. The van der Waals surface area contributed by atoms with Gasteiger partial charge in [-0.3, -0.25) is 4.79 Å². The second-order valence-electron chi connectivity index (χ2n) is 7.65. The number of hydrogen-bond donors (Lipinski definition) is 3. The van der Waals surface area contributed by atoms with Crippen LogP contribution in [0.25, 0.3) is 0 Å². The largest absolute Gasteiger partial charge is 0.450 e. The van der Waals surface area contributed by atoms with Crippen LogP contribution < -0.4 is 16.4 Å². The summed E-state index contributed by atoms with van der Waals surface area (Å²) in [7, 11) is 0. The first-order valence-electron chi connectivity index (χ1n) is 10.2. The van der Waals surface area contributed by atoms with Crippen LogP contribution in [-0.4, -0.2) is 48.6 Å². The van der Waals surface area contributed by atoms with Gasteiger partial charge in [0.15, 0.2) is 5.96 Å². The van der Waals surface area contributed by atoms with E-state index in [1.165, 1.54) is 0 Å². The molecule has 0 aliphatic carbocycles. The predicted octanol–water partition coefficient (Wildman–Crippen LogP) is 2.70. The lowest BCUT2D eigenvalue weighted by molar-refractivity contribution is -0.116. The summed E-state index contributed by atoms with van der Waals surface area (Å²) in [6.07, 6.45) is 1.83. The van der Waals surface area contributed by atoms with Crippen LogP contribution in [-0.2, 0) is 16.1 Å². The standard InChI is InChI=1S/C21H33N5O3/c1-4-29-21(28)26-10-8-17(9-11-26)25-20(22)23-14-16-6-5-7-18(13-16)24-19(27)12-15(2)3/h5-7,13,15,17H,4,8-12,14H2,1-3H3,(H,24,27)(H3,22,23,25). The lowest BCUT2D eigenvalue weighted by Crippen LogP contribution is -2.48. The number of aliphatic imine (C=N–C) groups is 1. The fraction of sp³-hybridized carbons (Fsp3) is 0.571. The van der Waals surface area contributed by atoms with Gasteiger partial charge in [0, 0.05) is 31.2 Å². The van der Waals surface area contributed by atoms with Gasteiger partial charge in [-0.05, 0) is 43.4 Å². The fourth-order valence-electron chi connectivity index (χ4n) is 3.18. The van der Waals surface area contributed by atoms with E-state index in [0.717, 1.165) is 24.1 Å². The Morgan fingerprint density at radius 3 is 2.69 bits per heavy atom. The smallest absolute Gasteiger partial charge is 0.409 e. The van der Waals surface area contributed by atoms with Crippen molar-refractivity contribution in [2.24, 2.45) is 16.6 Å². The Balaban J connectivity index is 1.80. The molecule has 1 aliphatic rings. The Kier molecular flexibility index (Phi) is 8.76. The summed E-state index contributed by atoms with van der Waals surface area (Å²) in [6.45, 7) is 7.93. The summed E-state index contributed by atoms with van der Waals surface area (Å²) in [5, 5.41) is 6.14. The highest BCUT2D eigenvalue weighted by atomic mass is 16.6. The highest BCUT2D eigenvalue weighted by Crippen LogP contribution is 2.14. The summed E-state index contributed by atoms with van der Waals surface area (Å²) in [6, 6.07) is 7.81. The zero-order valence-electron chi connectivity index (χ0n) is 17.6. The quantitative estimate of drug-likeness (QED) is 0.479. The van der Waals surface area contributed by atoms with Crippen molar-refractivity contribution in [3.8, 4) is 0 Å². The number of anilines is 1. The molecule has 1 aromatic rings. The van der Waals surface area contributed by atoms with Crippen LogP contribution in [0.3, 0.4) is 0 Å². The monoisotopic (exact) mass is 403 g/mol. The topological polar surface area (TPSA) is 109 Å². The number of ether oxygens (including phenoxy) is 1. The molecule has 1 fully saturated rings. The van der Waals surface area contributed by atoms with Gasteiger partial charge in [0.05, 0.1) is 13.2 Å². The van der Waals surface area contributed by atoms with Crippen LogP contribution in [0.5, 0.6) is 0 Å². The molecule has 0 saturated carbocycles. The molecule has 4 N–H and O–H groups in total. The van der Waals surface area contributed by atoms with Crippen molar-refractivity contribution >= 4 is 23.6 Å². The molecule has 0 atom stereocenters. The number of amides is 2. The van der Waals surface area contributed by atoms with Crippen molar-refractivity contribution in [3.05, 3.63) is 29.8 Å². The maximum atomic E-state index is 11.9. The van der Waals surface area contributed by atoms with E-state index in [1.807, 2.05) is 38.1 Å². The predicted molar refractivity (Wildman–Crippen MR) is 115 cm³/mol. The Morgan fingerprint density at radius 1 is 1.31 bits per heavy atom. The minimum atomic E-state index is -0.257. The van der Waals surface area contributed by atoms with Gasteiger partial charge in [0.2, 0.25) is 5.91 Å². The molecule has 1 saturated heterocycles. The second-order valence-corrected chi connectivity index (χ2v) is 7.65. The van der Waals surface area contributed by atoms with E-state index in [1.54, 1.807) is 11.8 Å². The molecule has 8 heteroatoms. The maximum Gasteiger partial charge on any atom is 0.409 e. The van der Waals surface area contributed by atoms with Gasteiger partial charge in [-0.1, -0.05) is 26.0 Å². The molecule has 8 nitrogen and oxygen atoms in total. The van der Waals surface area contributed by atoms with Crippen LogP contribution >= 0.6 is 0 Å². The van der Waals surface area contributed by atoms with Gasteiger partial charge >= 0.3 is 6.09 Å². The van der Waals surface area contributed by atoms with Crippen molar-refractivity contribution in [2.75, 3.05) is 25.0 Å². The zero-order valence-corrected chi connectivity index (χ0v) is 17.6. The first-order valence-corrected chi connectivity index (χ1v) is 10.2. The number of piperidine rings is 1. The molecule has 0 aromatic heterocycles. The first kappa shape index (κ1) is 22.5. The fourth-order valence-corrected chi connectivity index (χ4v) is 3.18. The van der Waals surface area contributed by atoms with Gasteiger partial charge in [0.25, 0.3) is 0 Å². The number of guanidine groups is 1. The number of carbonyl (C=O) groups excluding carboxylic acids is 2. The minimum absolute atomic E-state index is 0.0102. The van der Waals surface area contributed by atoms with Crippen molar-refractivity contribution < 1.29 is 14.3 Å². The molecule has 29 heavy (non-hydrogen) atoms. The number of rotatable bonds is 7. The average Bonchev–Trinajstić information content (AvgIpc) is 2.67. The zero-order chi connectivity index (χ0) is 21.2. The third-order valence-electron chi connectivity index (χ3n) is 4.61. The molecule has 1 heterocycles. The molecule has 2 amide bonds. The lowest BCUT2D eigenvalue weighted by Gasteiger charge is -2.31. The second kappa shape index (κ2) is 11.3. The third kappa shape index (κ3) is 8.01. The summed E-state index contributed by atoms with van der Waals surface area (Å²) >= 11 is 0. The van der Waals surface area contributed by atoms with E-state index in [0.29, 0.717) is 44.5 Å². The number of nitrogens with two attached hydrogens (primary N) is 1. The molecule has 2 rings (SSSR count). The number of nitrogens with one attached hydrogen (secondary N) is 2. The molecule has 0 spiro atoms. The molecule has 0 unspecified atom stereocenters. The first-order chi connectivity index (χ1) is 13.9. The Hall–Kier alpha value is -2.77. The Labute approximate surface area is 172 Å². The third-order valence-corrected chi connectivity index (χ3v) is 4.61. The summed E-state index contributed by atoms with van der Waals surface area (Å²) in [4.78, 5) is 29.8. The number of nitrogens with zero attached hydrogens (tertiary/aromatic N) is 2. The molecular weight excluding hydrogens is 370 g/mol. The molecule has 1 aliphatic heterocycles. The van der Waals surface area contributed by atoms with E-state index in [9.17, 15) is 9.59 Å². The van der Waals surface area contributed by atoms with Crippen LogP contribution in [0.15, 0.2) is 29.3 Å². The Bertz CT molecular complexity index is 712. The molecule has 0 radical (unpaired) electrons. The molecule has 0 bridgehead atoms.